The van der Waals surface area contributed by atoms with E-state index < -0.39 is 11.9 Å². The van der Waals surface area contributed by atoms with Gasteiger partial charge < -0.3 is 15.2 Å². The summed E-state index contributed by atoms with van der Waals surface area (Å²) in [4.78, 5) is 27.8. The number of carbonyl (C=O) groups excluding carboxylic acids is 1. The number of carboxylic acids is 1. The fourth-order valence-electron chi connectivity index (χ4n) is 2.28. The monoisotopic (exact) mass is 312 g/mol. The van der Waals surface area contributed by atoms with Crippen LogP contribution in [0.1, 0.15) is 53.4 Å². The van der Waals surface area contributed by atoms with E-state index >= 15 is 0 Å². The average Bonchev–Trinajstić information content (AvgIpc) is 3.11. The Balaban J connectivity index is 1.89. The highest BCUT2D eigenvalue weighted by atomic mass is 32.1. The van der Waals surface area contributed by atoms with Crippen molar-refractivity contribution in [1.29, 1.82) is 0 Å². The number of rotatable bonds is 7. The van der Waals surface area contributed by atoms with E-state index in [1.807, 2.05) is 6.92 Å². The van der Waals surface area contributed by atoms with Gasteiger partial charge in [-0.3, -0.25) is 9.59 Å². The van der Waals surface area contributed by atoms with Crippen molar-refractivity contribution >= 4 is 23.2 Å². The Bertz CT molecular complexity index is 497. The van der Waals surface area contributed by atoms with Crippen LogP contribution < -0.4 is 5.32 Å². The molecule has 0 aromatic carbocycles. The van der Waals surface area contributed by atoms with Crippen molar-refractivity contribution in [1.82, 2.24) is 10.3 Å². The first-order valence-corrected chi connectivity index (χ1v) is 8.01. The lowest BCUT2D eigenvalue weighted by Crippen LogP contribution is -2.32. The van der Waals surface area contributed by atoms with Crippen LogP contribution in [0.3, 0.4) is 0 Å². The molecule has 1 aromatic heterocycles. The van der Waals surface area contributed by atoms with Gasteiger partial charge in [-0.2, -0.15) is 0 Å². The number of aromatic nitrogens is 1. The molecule has 6 nitrogen and oxygen atoms in total. The van der Waals surface area contributed by atoms with E-state index in [0.717, 1.165) is 30.9 Å². The Morgan fingerprint density at radius 2 is 2.43 bits per heavy atom. The zero-order chi connectivity index (χ0) is 15.2. The second-order valence-corrected chi connectivity index (χ2v) is 6.16. The van der Waals surface area contributed by atoms with Gasteiger partial charge in [0.05, 0.1) is 12.1 Å². The summed E-state index contributed by atoms with van der Waals surface area (Å²) in [6, 6.07) is 0. The van der Waals surface area contributed by atoms with E-state index in [0.29, 0.717) is 11.3 Å². The zero-order valence-electron chi connectivity index (χ0n) is 12.0. The third kappa shape index (κ3) is 4.25. The van der Waals surface area contributed by atoms with Crippen molar-refractivity contribution < 1.29 is 19.4 Å². The standard InChI is InChI=1S/C14H20N2O4S/c1-2-4-9(14(18)19)7-15-12(17)11-8-16-13(21-11)10-5-3-6-20-10/h8-10H,2-7H2,1H3,(H,15,17)(H,18,19). The minimum Gasteiger partial charge on any atom is -0.481 e. The lowest BCUT2D eigenvalue weighted by Gasteiger charge is -2.11. The third-order valence-electron chi connectivity index (χ3n) is 3.45. The molecule has 0 radical (unpaired) electrons. The van der Waals surface area contributed by atoms with Crippen LogP contribution in [0.25, 0.3) is 0 Å². The minimum absolute atomic E-state index is 0.00316. The molecule has 2 rings (SSSR count). The maximum atomic E-state index is 12.0. The molecular formula is C14H20N2O4S. The number of thiazole rings is 1. The molecule has 0 aliphatic carbocycles. The van der Waals surface area contributed by atoms with Crippen molar-refractivity contribution in [2.24, 2.45) is 5.92 Å². The van der Waals surface area contributed by atoms with Gasteiger partial charge in [0.15, 0.2) is 0 Å². The smallest absolute Gasteiger partial charge is 0.308 e. The van der Waals surface area contributed by atoms with Crippen molar-refractivity contribution in [3.05, 3.63) is 16.1 Å². The van der Waals surface area contributed by atoms with E-state index in [1.165, 1.54) is 17.5 Å². The van der Waals surface area contributed by atoms with E-state index in [2.05, 4.69) is 10.3 Å². The van der Waals surface area contributed by atoms with Gasteiger partial charge >= 0.3 is 5.97 Å². The Kier molecular flexibility index (Phi) is 5.69. The number of carbonyl (C=O) groups is 2. The Morgan fingerprint density at radius 3 is 3.05 bits per heavy atom. The van der Waals surface area contributed by atoms with E-state index in [9.17, 15) is 9.59 Å². The van der Waals surface area contributed by atoms with Crippen LogP contribution in [0.4, 0.5) is 0 Å². The van der Waals surface area contributed by atoms with Gasteiger partial charge in [-0.05, 0) is 19.3 Å². The molecule has 1 aliphatic heterocycles. The maximum Gasteiger partial charge on any atom is 0.308 e. The van der Waals surface area contributed by atoms with Crippen LogP contribution in [-0.4, -0.2) is 35.1 Å². The first-order valence-electron chi connectivity index (χ1n) is 7.20. The highest BCUT2D eigenvalue weighted by molar-refractivity contribution is 7.13. The summed E-state index contributed by atoms with van der Waals surface area (Å²) in [7, 11) is 0. The Hall–Kier alpha value is -1.47. The SMILES string of the molecule is CCCC(CNC(=O)c1cnc(C2CCCO2)s1)C(=O)O. The summed E-state index contributed by atoms with van der Waals surface area (Å²) in [5.41, 5.74) is 0. The molecule has 116 valence electrons. The van der Waals surface area contributed by atoms with Crippen molar-refractivity contribution in [3.8, 4) is 0 Å². The number of nitrogens with zero attached hydrogens (tertiary/aromatic N) is 1. The van der Waals surface area contributed by atoms with Crippen LogP contribution in [0, 0.1) is 5.92 Å². The Labute approximate surface area is 127 Å². The fraction of sp³-hybridized carbons (Fsp3) is 0.643. The molecule has 0 bridgehead atoms. The zero-order valence-corrected chi connectivity index (χ0v) is 12.8. The van der Waals surface area contributed by atoms with E-state index in [1.54, 1.807) is 0 Å². The topological polar surface area (TPSA) is 88.5 Å². The average molecular weight is 312 g/mol. The predicted molar refractivity (Wildman–Crippen MR) is 78.4 cm³/mol. The lowest BCUT2D eigenvalue weighted by molar-refractivity contribution is -0.141. The van der Waals surface area contributed by atoms with Gasteiger partial charge in [0.2, 0.25) is 0 Å². The molecule has 0 spiro atoms. The Morgan fingerprint density at radius 1 is 1.62 bits per heavy atom. The number of nitrogens with one attached hydrogen (secondary N) is 1. The summed E-state index contributed by atoms with van der Waals surface area (Å²) in [5.74, 6) is -1.68. The number of hydrogen-bond acceptors (Lipinski definition) is 5. The molecule has 1 amide bonds. The molecule has 21 heavy (non-hydrogen) atoms. The molecule has 0 saturated carbocycles. The number of hydrogen-bond donors (Lipinski definition) is 2. The second kappa shape index (κ2) is 7.51. The summed E-state index contributed by atoms with van der Waals surface area (Å²) >= 11 is 1.32. The quantitative estimate of drug-likeness (QED) is 0.806. The van der Waals surface area contributed by atoms with Gasteiger partial charge in [0.1, 0.15) is 16.0 Å². The lowest BCUT2D eigenvalue weighted by atomic mass is 10.0. The van der Waals surface area contributed by atoms with Crippen molar-refractivity contribution in [2.75, 3.05) is 13.2 Å². The second-order valence-electron chi connectivity index (χ2n) is 5.10. The summed E-state index contributed by atoms with van der Waals surface area (Å²) in [6.45, 7) is 2.81. The normalized spacial score (nSPS) is 19.4. The molecule has 1 aliphatic rings. The molecule has 2 heterocycles. The maximum absolute atomic E-state index is 12.0. The molecule has 1 aromatic rings. The number of ether oxygens (including phenoxy) is 1. The summed E-state index contributed by atoms with van der Waals surface area (Å²) < 4.78 is 5.53. The van der Waals surface area contributed by atoms with Gasteiger partial charge in [0.25, 0.3) is 5.91 Å². The highest BCUT2D eigenvalue weighted by Crippen LogP contribution is 2.31. The van der Waals surface area contributed by atoms with Crippen LogP contribution in [0.2, 0.25) is 0 Å². The van der Waals surface area contributed by atoms with Gasteiger partial charge in [-0.1, -0.05) is 13.3 Å². The summed E-state index contributed by atoms with van der Waals surface area (Å²) in [6.07, 6.45) is 4.82. The van der Waals surface area contributed by atoms with Gasteiger partial charge in [-0.25, -0.2) is 4.98 Å². The van der Waals surface area contributed by atoms with E-state index in [-0.39, 0.29) is 18.6 Å². The first kappa shape index (κ1) is 15.9. The molecule has 1 fully saturated rings. The molecular weight excluding hydrogens is 292 g/mol. The minimum atomic E-state index is -0.874. The van der Waals surface area contributed by atoms with Crippen molar-refractivity contribution in [3.63, 3.8) is 0 Å². The summed E-state index contributed by atoms with van der Waals surface area (Å²) in [5, 5.41) is 12.6. The molecule has 1 saturated heterocycles. The number of carboxylic acid groups (broad SMARTS) is 1. The molecule has 7 heteroatoms. The van der Waals surface area contributed by atoms with Crippen LogP contribution in [-0.2, 0) is 9.53 Å². The predicted octanol–water partition coefficient (Wildman–Crippen LogP) is 2.23. The van der Waals surface area contributed by atoms with Crippen molar-refractivity contribution in [2.45, 2.75) is 38.7 Å². The number of amides is 1. The molecule has 2 atom stereocenters. The van der Waals surface area contributed by atoms with Crippen LogP contribution in [0.5, 0.6) is 0 Å². The van der Waals surface area contributed by atoms with Crippen LogP contribution in [0.15, 0.2) is 6.20 Å². The van der Waals surface area contributed by atoms with Gasteiger partial charge in [-0.15, -0.1) is 11.3 Å². The van der Waals surface area contributed by atoms with E-state index in [4.69, 9.17) is 9.84 Å². The van der Waals surface area contributed by atoms with Crippen LogP contribution >= 0.6 is 11.3 Å². The first-order chi connectivity index (χ1) is 10.1. The largest absolute Gasteiger partial charge is 0.481 e. The van der Waals surface area contributed by atoms with Gasteiger partial charge in [0, 0.05) is 13.2 Å². The molecule has 2 N–H and O–H groups in total. The fourth-order valence-corrected chi connectivity index (χ4v) is 3.20. The third-order valence-corrected chi connectivity index (χ3v) is 4.54. The highest BCUT2D eigenvalue weighted by Gasteiger charge is 2.23. The number of aliphatic carboxylic acids is 1. The molecule has 2 unspecified atom stereocenters.